The molecule has 1 fully saturated rings. The Bertz CT molecular complexity index is 557. The Morgan fingerprint density at radius 2 is 1.82 bits per heavy atom. The van der Waals surface area contributed by atoms with Crippen LogP contribution >= 0.6 is 12.6 Å². The van der Waals surface area contributed by atoms with Crippen LogP contribution < -0.4 is 0 Å². The third-order valence-corrected chi connectivity index (χ3v) is 4.75. The lowest BCUT2D eigenvalue weighted by atomic mass is 9.78. The van der Waals surface area contributed by atoms with Crippen LogP contribution in [0.2, 0.25) is 0 Å². The molecular formula is C16H27BN2O2S. The number of aromatic nitrogens is 2. The highest BCUT2D eigenvalue weighted by atomic mass is 32.1. The number of rotatable bonds is 3. The lowest BCUT2D eigenvalue weighted by Gasteiger charge is -2.32. The molecule has 6 heteroatoms. The predicted molar refractivity (Wildman–Crippen MR) is 95.1 cm³/mol. The number of hydrogen-bond acceptors (Lipinski definition) is 4. The van der Waals surface area contributed by atoms with E-state index in [-0.39, 0.29) is 23.9 Å². The van der Waals surface area contributed by atoms with Crippen molar-refractivity contribution in [1.82, 2.24) is 9.78 Å². The molecule has 1 aromatic rings. The van der Waals surface area contributed by atoms with Gasteiger partial charge in [-0.1, -0.05) is 6.08 Å². The molecule has 122 valence electrons. The van der Waals surface area contributed by atoms with Crippen molar-refractivity contribution in [3.8, 4) is 0 Å². The summed E-state index contributed by atoms with van der Waals surface area (Å²) in [6, 6.07) is 0. The summed E-state index contributed by atoms with van der Waals surface area (Å²) in [5.74, 6) is 0.581. The Morgan fingerprint density at radius 3 is 2.23 bits per heavy atom. The van der Waals surface area contributed by atoms with Gasteiger partial charge >= 0.3 is 7.12 Å². The molecule has 1 aromatic heterocycles. The molecule has 0 aromatic carbocycles. The SMILES string of the molecule is CC(C)(C)n1cc(C=C(CS)B2OC(C)(C)C(C)(C)O2)cn1. The molecule has 1 aliphatic heterocycles. The molecule has 22 heavy (non-hydrogen) atoms. The molecule has 1 saturated heterocycles. The Balaban J connectivity index is 2.24. The van der Waals surface area contributed by atoms with Gasteiger partial charge in [-0.15, -0.1) is 0 Å². The summed E-state index contributed by atoms with van der Waals surface area (Å²) in [5, 5.41) is 4.42. The van der Waals surface area contributed by atoms with Crippen LogP contribution in [0.3, 0.4) is 0 Å². The van der Waals surface area contributed by atoms with Gasteiger partial charge < -0.3 is 9.31 Å². The van der Waals surface area contributed by atoms with E-state index in [1.54, 1.807) is 0 Å². The molecule has 0 spiro atoms. The van der Waals surface area contributed by atoms with Crippen molar-refractivity contribution in [2.75, 3.05) is 5.75 Å². The molecule has 0 atom stereocenters. The van der Waals surface area contributed by atoms with Gasteiger partial charge in [-0.2, -0.15) is 17.7 Å². The highest BCUT2D eigenvalue weighted by Crippen LogP contribution is 2.39. The first-order chi connectivity index (χ1) is 9.96. The summed E-state index contributed by atoms with van der Waals surface area (Å²) in [5.41, 5.74) is 1.34. The molecule has 0 saturated carbocycles. The highest BCUT2D eigenvalue weighted by Gasteiger charge is 2.52. The van der Waals surface area contributed by atoms with E-state index in [4.69, 9.17) is 9.31 Å². The van der Waals surface area contributed by atoms with Crippen LogP contribution in [0.5, 0.6) is 0 Å². The van der Waals surface area contributed by atoms with Crippen molar-refractivity contribution in [2.45, 2.75) is 65.2 Å². The van der Waals surface area contributed by atoms with E-state index in [1.165, 1.54) is 0 Å². The van der Waals surface area contributed by atoms with Crippen LogP contribution in [-0.4, -0.2) is 33.9 Å². The summed E-state index contributed by atoms with van der Waals surface area (Å²) in [6.07, 6.45) is 5.96. The fraction of sp³-hybridized carbons (Fsp3) is 0.688. The monoisotopic (exact) mass is 322 g/mol. The first-order valence-electron chi connectivity index (χ1n) is 7.68. The van der Waals surface area contributed by atoms with E-state index in [0.29, 0.717) is 5.75 Å². The van der Waals surface area contributed by atoms with Crippen LogP contribution in [-0.2, 0) is 14.8 Å². The molecule has 0 amide bonds. The molecule has 1 aliphatic rings. The van der Waals surface area contributed by atoms with E-state index >= 15 is 0 Å². The molecule has 0 bridgehead atoms. The Kier molecular flexibility index (Phi) is 4.59. The second-order valence-electron chi connectivity index (χ2n) is 7.85. The average Bonchev–Trinajstić information content (AvgIpc) is 2.89. The maximum Gasteiger partial charge on any atom is 0.491 e. The molecule has 0 N–H and O–H groups in total. The molecule has 2 rings (SSSR count). The minimum Gasteiger partial charge on any atom is -0.400 e. The Hall–Kier alpha value is -0.715. The first-order valence-corrected chi connectivity index (χ1v) is 8.32. The lowest BCUT2D eigenvalue weighted by Crippen LogP contribution is -2.41. The van der Waals surface area contributed by atoms with Crippen molar-refractivity contribution < 1.29 is 9.31 Å². The Morgan fingerprint density at radius 1 is 1.27 bits per heavy atom. The van der Waals surface area contributed by atoms with Crippen molar-refractivity contribution in [3.05, 3.63) is 23.4 Å². The van der Waals surface area contributed by atoms with Crippen LogP contribution in [0.15, 0.2) is 17.9 Å². The molecule has 0 radical (unpaired) electrons. The standard InChI is InChI=1S/C16H27BN2O2S/c1-14(2,3)19-10-12(9-18-19)8-13(11-22)17-20-15(4,5)16(6,7)21-17/h8-10,22H,11H2,1-7H3. The van der Waals surface area contributed by atoms with Gasteiger partial charge in [0.05, 0.1) is 22.9 Å². The highest BCUT2D eigenvalue weighted by molar-refractivity contribution is 7.80. The zero-order valence-electron chi connectivity index (χ0n) is 14.7. The van der Waals surface area contributed by atoms with Crippen LogP contribution in [0.4, 0.5) is 0 Å². The number of nitrogens with zero attached hydrogens (tertiary/aromatic N) is 2. The van der Waals surface area contributed by atoms with E-state index in [9.17, 15) is 0 Å². The van der Waals surface area contributed by atoms with Gasteiger partial charge in [0.15, 0.2) is 0 Å². The van der Waals surface area contributed by atoms with Crippen molar-refractivity contribution >= 4 is 25.8 Å². The van der Waals surface area contributed by atoms with Crippen molar-refractivity contribution in [1.29, 1.82) is 0 Å². The molecule has 0 unspecified atom stereocenters. The van der Waals surface area contributed by atoms with Gasteiger partial charge in [-0.25, -0.2) is 0 Å². The van der Waals surface area contributed by atoms with Gasteiger partial charge in [0.2, 0.25) is 0 Å². The first kappa shape index (κ1) is 17.6. The summed E-state index contributed by atoms with van der Waals surface area (Å²) in [7, 11) is -0.361. The van der Waals surface area contributed by atoms with Gasteiger partial charge in [0.25, 0.3) is 0 Å². The zero-order chi connectivity index (χ0) is 16.8. The maximum atomic E-state index is 6.10. The third-order valence-electron chi connectivity index (χ3n) is 4.38. The van der Waals surface area contributed by atoms with Gasteiger partial charge in [0.1, 0.15) is 0 Å². The van der Waals surface area contributed by atoms with Gasteiger partial charge in [-0.05, 0) is 53.9 Å². The fourth-order valence-electron chi connectivity index (χ4n) is 2.17. The minimum absolute atomic E-state index is 0.0302. The molecule has 0 aliphatic carbocycles. The van der Waals surface area contributed by atoms with E-state index < -0.39 is 0 Å². The predicted octanol–water partition coefficient (Wildman–Crippen LogP) is 3.58. The van der Waals surface area contributed by atoms with Gasteiger partial charge in [0, 0.05) is 17.5 Å². The molecule has 4 nitrogen and oxygen atoms in total. The lowest BCUT2D eigenvalue weighted by molar-refractivity contribution is 0.00578. The second-order valence-corrected chi connectivity index (χ2v) is 8.17. The second kappa shape index (κ2) is 5.73. The van der Waals surface area contributed by atoms with Crippen LogP contribution in [0.1, 0.15) is 54.0 Å². The minimum atomic E-state index is -0.361. The smallest absolute Gasteiger partial charge is 0.400 e. The van der Waals surface area contributed by atoms with Crippen molar-refractivity contribution in [2.24, 2.45) is 0 Å². The summed E-state index contributed by atoms with van der Waals surface area (Å²) in [4.78, 5) is 0. The van der Waals surface area contributed by atoms with Crippen LogP contribution in [0.25, 0.3) is 6.08 Å². The molecule has 2 heterocycles. The normalized spacial score (nSPS) is 21.5. The summed E-state index contributed by atoms with van der Waals surface area (Å²) < 4.78 is 14.2. The van der Waals surface area contributed by atoms with E-state index in [2.05, 4.69) is 72.3 Å². The van der Waals surface area contributed by atoms with Gasteiger partial charge in [-0.3, -0.25) is 4.68 Å². The maximum absolute atomic E-state index is 6.10. The quantitative estimate of drug-likeness (QED) is 0.682. The largest absolute Gasteiger partial charge is 0.491 e. The van der Waals surface area contributed by atoms with E-state index in [1.807, 2.05) is 17.1 Å². The molecular weight excluding hydrogens is 295 g/mol. The topological polar surface area (TPSA) is 36.3 Å². The fourth-order valence-corrected chi connectivity index (χ4v) is 2.42. The average molecular weight is 322 g/mol. The third kappa shape index (κ3) is 3.44. The summed E-state index contributed by atoms with van der Waals surface area (Å²) in [6.45, 7) is 14.6. The number of thiol groups is 1. The van der Waals surface area contributed by atoms with E-state index in [0.717, 1.165) is 11.0 Å². The Labute approximate surface area is 139 Å². The van der Waals surface area contributed by atoms with Crippen molar-refractivity contribution in [3.63, 3.8) is 0 Å². The number of hydrogen-bond donors (Lipinski definition) is 1. The van der Waals surface area contributed by atoms with Crippen LogP contribution in [0, 0.1) is 0 Å². The summed E-state index contributed by atoms with van der Waals surface area (Å²) >= 11 is 4.44. The zero-order valence-corrected chi connectivity index (χ0v) is 15.6.